The standard InChI is InChI=1S/C12H21NO5/c1-3-5-7-6-13(8(4-2)11(15)16)10(14)9(7)12(17)18/h7-10,14H,3-6H2,1-2H3,(H,15,16)(H,17,18)/t7-,8-,9?,10?/m0/s1. The lowest BCUT2D eigenvalue weighted by molar-refractivity contribution is -0.155. The van der Waals surface area contributed by atoms with Crippen LogP contribution in [0.2, 0.25) is 0 Å². The van der Waals surface area contributed by atoms with Gasteiger partial charge in [-0.3, -0.25) is 14.5 Å². The first kappa shape index (κ1) is 14.9. The van der Waals surface area contributed by atoms with Crippen molar-refractivity contribution in [3.63, 3.8) is 0 Å². The van der Waals surface area contributed by atoms with Crippen LogP contribution in [0.3, 0.4) is 0 Å². The summed E-state index contributed by atoms with van der Waals surface area (Å²) in [6, 6.07) is -0.816. The van der Waals surface area contributed by atoms with Crippen molar-refractivity contribution in [3.05, 3.63) is 0 Å². The minimum absolute atomic E-state index is 0.184. The Morgan fingerprint density at radius 1 is 1.33 bits per heavy atom. The molecule has 1 aliphatic heterocycles. The first-order valence-electron chi connectivity index (χ1n) is 6.33. The third kappa shape index (κ3) is 2.81. The Bertz CT molecular complexity index is 320. The average molecular weight is 259 g/mol. The fourth-order valence-corrected chi connectivity index (χ4v) is 2.78. The van der Waals surface area contributed by atoms with Gasteiger partial charge in [0.15, 0.2) is 0 Å². The maximum absolute atomic E-state index is 11.2. The van der Waals surface area contributed by atoms with E-state index in [0.717, 1.165) is 6.42 Å². The molecule has 1 saturated heterocycles. The lowest BCUT2D eigenvalue weighted by Crippen LogP contribution is -2.46. The van der Waals surface area contributed by atoms with Crippen LogP contribution in [0.4, 0.5) is 0 Å². The molecule has 3 N–H and O–H groups in total. The van der Waals surface area contributed by atoms with Gasteiger partial charge in [0, 0.05) is 6.54 Å². The highest BCUT2D eigenvalue weighted by atomic mass is 16.4. The highest BCUT2D eigenvalue weighted by Gasteiger charge is 2.48. The number of hydrogen-bond acceptors (Lipinski definition) is 4. The largest absolute Gasteiger partial charge is 0.481 e. The van der Waals surface area contributed by atoms with Crippen LogP contribution in [0.5, 0.6) is 0 Å². The molecule has 1 rings (SSSR count). The average Bonchev–Trinajstić information content (AvgIpc) is 2.57. The molecule has 4 atom stereocenters. The van der Waals surface area contributed by atoms with Crippen molar-refractivity contribution >= 4 is 11.9 Å². The first-order valence-corrected chi connectivity index (χ1v) is 6.33. The monoisotopic (exact) mass is 259 g/mol. The van der Waals surface area contributed by atoms with Crippen LogP contribution < -0.4 is 0 Å². The van der Waals surface area contributed by atoms with E-state index in [4.69, 9.17) is 10.2 Å². The summed E-state index contributed by atoms with van der Waals surface area (Å²) in [6.45, 7) is 3.99. The zero-order chi connectivity index (χ0) is 13.9. The second kappa shape index (κ2) is 6.15. The lowest BCUT2D eigenvalue weighted by Gasteiger charge is -2.27. The maximum atomic E-state index is 11.2. The van der Waals surface area contributed by atoms with Crippen molar-refractivity contribution in [1.29, 1.82) is 0 Å². The van der Waals surface area contributed by atoms with E-state index in [9.17, 15) is 14.7 Å². The third-order valence-electron chi connectivity index (χ3n) is 3.63. The van der Waals surface area contributed by atoms with Gasteiger partial charge < -0.3 is 15.3 Å². The van der Waals surface area contributed by atoms with E-state index in [-0.39, 0.29) is 5.92 Å². The van der Waals surface area contributed by atoms with Gasteiger partial charge in [-0.1, -0.05) is 20.3 Å². The fraction of sp³-hybridized carbons (Fsp3) is 0.833. The molecule has 0 spiro atoms. The summed E-state index contributed by atoms with van der Waals surface area (Å²) in [4.78, 5) is 23.7. The predicted octanol–water partition coefficient (Wildman–Crippen LogP) is 0.601. The molecular weight excluding hydrogens is 238 g/mol. The van der Waals surface area contributed by atoms with Gasteiger partial charge >= 0.3 is 11.9 Å². The summed E-state index contributed by atoms with van der Waals surface area (Å²) in [7, 11) is 0. The fourth-order valence-electron chi connectivity index (χ4n) is 2.78. The maximum Gasteiger partial charge on any atom is 0.320 e. The van der Waals surface area contributed by atoms with Gasteiger partial charge in [-0.25, -0.2) is 0 Å². The van der Waals surface area contributed by atoms with Gasteiger partial charge in [-0.05, 0) is 18.8 Å². The number of carboxylic acid groups (broad SMARTS) is 2. The number of aliphatic hydroxyl groups excluding tert-OH is 1. The zero-order valence-corrected chi connectivity index (χ0v) is 10.7. The second-order valence-electron chi connectivity index (χ2n) is 4.79. The van der Waals surface area contributed by atoms with Crippen molar-refractivity contribution in [2.45, 2.75) is 45.4 Å². The Hall–Kier alpha value is -1.14. The summed E-state index contributed by atoms with van der Waals surface area (Å²) in [5.74, 6) is -3.14. The molecule has 104 valence electrons. The van der Waals surface area contributed by atoms with Gasteiger partial charge in [-0.15, -0.1) is 0 Å². The number of carbonyl (C=O) groups is 2. The second-order valence-corrected chi connectivity index (χ2v) is 4.79. The van der Waals surface area contributed by atoms with Gasteiger partial charge in [0.25, 0.3) is 0 Å². The number of aliphatic hydroxyl groups is 1. The van der Waals surface area contributed by atoms with Crippen LogP contribution in [0.25, 0.3) is 0 Å². The molecule has 0 amide bonds. The summed E-state index contributed by atoms with van der Waals surface area (Å²) < 4.78 is 0. The van der Waals surface area contributed by atoms with Gasteiger partial charge in [0.05, 0.1) is 0 Å². The molecule has 0 aromatic rings. The van der Waals surface area contributed by atoms with Crippen LogP contribution in [0.1, 0.15) is 33.1 Å². The Morgan fingerprint density at radius 3 is 2.33 bits per heavy atom. The van der Waals surface area contributed by atoms with E-state index in [1.807, 2.05) is 6.92 Å². The van der Waals surface area contributed by atoms with E-state index in [2.05, 4.69) is 0 Å². The number of rotatable bonds is 6. The molecule has 18 heavy (non-hydrogen) atoms. The summed E-state index contributed by atoms with van der Waals surface area (Å²) >= 11 is 0. The van der Waals surface area contributed by atoms with Crippen LogP contribution in [0.15, 0.2) is 0 Å². The van der Waals surface area contributed by atoms with Crippen molar-refractivity contribution in [2.24, 2.45) is 11.8 Å². The van der Waals surface area contributed by atoms with E-state index >= 15 is 0 Å². The van der Waals surface area contributed by atoms with E-state index in [1.165, 1.54) is 4.90 Å². The lowest BCUT2D eigenvalue weighted by atomic mass is 9.91. The smallest absolute Gasteiger partial charge is 0.320 e. The number of nitrogens with zero attached hydrogens (tertiary/aromatic N) is 1. The quantitative estimate of drug-likeness (QED) is 0.646. The highest BCUT2D eigenvalue weighted by Crippen LogP contribution is 2.34. The Kier molecular flexibility index (Phi) is 5.10. The van der Waals surface area contributed by atoms with Crippen LogP contribution in [-0.4, -0.2) is 51.0 Å². The van der Waals surface area contributed by atoms with E-state index in [0.29, 0.717) is 19.4 Å². The molecule has 1 heterocycles. The third-order valence-corrected chi connectivity index (χ3v) is 3.63. The highest BCUT2D eigenvalue weighted by molar-refractivity contribution is 5.75. The first-order chi connectivity index (χ1) is 8.43. The van der Waals surface area contributed by atoms with E-state index in [1.54, 1.807) is 6.92 Å². The van der Waals surface area contributed by atoms with Gasteiger partial charge in [0.2, 0.25) is 0 Å². The molecule has 1 aliphatic rings. The Labute approximate surface area is 106 Å². The zero-order valence-electron chi connectivity index (χ0n) is 10.7. The Balaban J connectivity index is 2.90. The summed E-state index contributed by atoms with van der Waals surface area (Å²) in [5.41, 5.74) is 0. The molecule has 2 unspecified atom stereocenters. The van der Waals surface area contributed by atoms with Crippen molar-refractivity contribution in [2.75, 3.05) is 6.54 Å². The van der Waals surface area contributed by atoms with Crippen molar-refractivity contribution < 1.29 is 24.9 Å². The number of aliphatic carboxylic acids is 2. The summed E-state index contributed by atoms with van der Waals surface area (Å²) in [6.07, 6.45) is 0.636. The molecule has 6 heteroatoms. The molecule has 0 aromatic heterocycles. The van der Waals surface area contributed by atoms with Crippen molar-refractivity contribution in [3.8, 4) is 0 Å². The van der Waals surface area contributed by atoms with Gasteiger partial charge in [-0.2, -0.15) is 0 Å². The SMILES string of the molecule is CCC[C@H]1CN([C@@H](CC)C(=O)O)C(O)C1C(=O)O. The number of carboxylic acids is 2. The van der Waals surface area contributed by atoms with Crippen LogP contribution in [0, 0.1) is 11.8 Å². The van der Waals surface area contributed by atoms with E-state index < -0.39 is 30.1 Å². The van der Waals surface area contributed by atoms with Crippen LogP contribution >= 0.6 is 0 Å². The molecule has 0 bridgehead atoms. The predicted molar refractivity (Wildman–Crippen MR) is 64.0 cm³/mol. The topological polar surface area (TPSA) is 98.1 Å². The molecule has 0 aromatic carbocycles. The molecule has 6 nitrogen and oxygen atoms in total. The number of hydrogen-bond donors (Lipinski definition) is 3. The molecule has 0 saturated carbocycles. The minimum Gasteiger partial charge on any atom is -0.481 e. The molecule has 1 fully saturated rings. The van der Waals surface area contributed by atoms with Gasteiger partial charge in [0.1, 0.15) is 18.2 Å². The molecular formula is C12H21NO5. The minimum atomic E-state index is -1.21. The molecule has 0 radical (unpaired) electrons. The molecule has 0 aliphatic carbocycles. The normalized spacial score (nSPS) is 30.3. The Morgan fingerprint density at radius 2 is 1.94 bits per heavy atom. The summed E-state index contributed by atoms with van der Waals surface area (Å²) in [5, 5.41) is 28.3. The van der Waals surface area contributed by atoms with Crippen LogP contribution in [-0.2, 0) is 9.59 Å². The number of likely N-dealkylation sites (tertiary alicyclic amines) is 1. The van der Waals surface area contributed by atoms with Crippen molar-refractivity contribution in [1.82, 2.24) is 4.90 Å².